The third-order valence-corrected chi connectivity index (χ3v) is 3.33. The molecule has 1 atom stereocenters. The van der Waals surface area contributed by atoms with Crippen LogP contribution in [0.2, 0.25) is 0 Å². The van der Waals surface area contributed by atoms with E-state index < -0.39 is 0 Å². The Hall–Kier alpha value is -1.32. The van der Waals surface area contributed by atoms with Crippen molar-refractivity contribution in [1.29, 1.82) is 0 Å². The number of hydrogen-bond acceptors (Lipinski definition) is 3. The van der Waals surface area contributed by atoms with Gasteiger partial charge in [0.15, 0.2) is 0 Å². The summed E-state index contributed by atoms with van der Waals surface area (Å²) in [5.41, 5.74) is 7.88. The molecule has 2 rings (SSSR count). The van der Waals surface area contributed by atoms with E-state index in [-0.39, 0.29) is 11.8 Å². The predicted octanol–water partition coefficient (Wildman–Crippen LogP) is 2.81. The van der Waals surface area contributed by atoms with Crippen LogP contribution in [-0.2, 0) is 0 Å². The van der Waals surface area contributed by atoms with Crippen molar-refractivity contribution in [2.24, 2.45) is 5.73 Å². The van der Waals surface area contributed by atoms with Gasteiger partial charge in [0.25, 0.3) is 0 Å². The zero-order chi connectivity index (χ0) is 10.8. The minimum atomic E-state index is -0.231. The molecule has 1 aromatic carbocycles. The normalized spacial score (nSPS) is 12.7. The van der Waals surface area contributed by atoms with Crippen molar-refractivity contribution in [2.45, 2.75) is 13.0 Å². The third kappa shape index (κ3) is 2.03. The zero-order valence-corrected chi connectivity index (χ0v) is 9.29. The van der Waals surface area contributed by atoms with E-state index in [1.807, 2.05) is 36.6 Å². The summed E-state index contributed by atoms with van der Waals surface area (Å²) >= 11 is 1.60. The van der Waals surface area contributed by atoms with Gasteiger partial charge in [-0.15, -0.1) is 11.3 Å². The fourth-order valence-electron chi connectivity index (χ4n) is 1.54. The number of phenols is 1. The molecule has 0 aliphatic rings. The number of benzene rings is 1. The minimum Gasteiger partial charge on any atom is -0.508 e. The molecular formula is C12H13NOS. The number of aryl methyl sites for hydroxylation is 1. The van der Waals surface area contributed by atoms with Gasteiger partial charge in [-0.05, 0) is 30.0 Å². The lowest BCUT2D eigenvalue weighted by atomic mass is 10.0. The number of rotatable bonds is 2. The standard InChI is InChI=1S/C12H13NOS/c1-8-4-5-9(10(14)7-8)12(13)11-3-2-6-15-11/h2-7,12,14H,13H2,1H3/t12-/m0/s1. The van der Waals surface area contributed by atoms with Gasteiger partial charge in [-0.25, -0.2) is 0 Å². The smallest absolute Gasteiger partial charge is 0.120 e. The summed E-state index contributed by atoms with van der Waals surface area (Å²) in [7, 11) is 0. The molecule has 3 heteroatoms. The molecule has 0 unspecified atom stereocenters. The van der Waals surface area contributed by atoms with E-state index in [2.05, 4.69) is 0 Å². The van der Waals surface area contributed by atoms with E-state index in [1.54, 1.807) is 17.4 Å². The summed E-state index contributed by atoms with van der Waals surface area (Å²) in [4.78, 5) is 1.06. The molecule has 2 aromatic rings. The van der Waals surface area contributed by atoms with E-state index in [4.69, 9.17) is 5.73 Å². The van der Waals surface area contributed by atoms with E-state index in [9.17, 15) is 5.11 Å². The first-order valence-corrected chi connectivity index (χ1v) is 5.65. The van der Waals surface area contributed by atoms with Gasteiger partial charge in [0, 0.05) is 10.4 Å². The summed E-state index contributed by atoms with van der Waals surface area (Å²) in [5.74, 6) is 0.274. The molecule has 0 saturated heterocycles. The molecule has 0 amide bonds. The molecule has 0 aliphatic carbocycles. The molecule has 1 heterocycles. The maximum absolute atomic E-state index is 9.79. The number of hydrogen-bond donors (Lipinski definition) is 2. The zero-order valence-electron chi connectivity index (χ0n) is 8.47. The molecule has 0 bridgehead atoms. The van der Waals surface area contributed by atoms with Crippen molar-refractivity contribution in [3.63, 3.8) is 0 Å². The van der Waals surface area contributed by atoms with Crippen LogP contribution in [-0.4, -0.2) is 5.11 Å². The van der Waals surface area contributed by atoms with Crippen LogP contribution >= 0.6 is 11.3 Å². The summed E-state index contributed by atoms with van der Waals surface area (Å²) in [5, 5.41) is 11.8. The highest BCUT2D eigenvalue weighted by atomic mass is 32.1. The van der Waals surface area contributed by atoms with E-state index >= 15 is 0 Å². The molecule has 2 nitrogen and oxygen atoms in total. The molecule has 15 heavy (non-hydrogen) atoms. The highest BCUT2D eigenvalue weighted by molar-refractivity contribution is 7.10. The second kappa shape index (κ2) is 4.04. The molecular weight excluding hydrogens is 206 g/mol. The van der Waals surface area contributed by atoms with Gasteiger partial charge in [-0.1, -0.05) is 18.2 Å². The van der Waals surface area contributed by atoms with Crippen LogP contribution in [0.15, 0.2) is 35.7 Å². The maximum atomic E-state index is 9.79. The lowest BCUT2D eigenvalue weighted by molar-refractivity contribution is 0.465. The minimum absolute atomic E-state index is 0.231. The van der Waals surface area contributed by atoms with Crippen LogP contribution in [0.25, 0.3) is 0 Å². The predicted molar refractivity (Wildman–Crippen MR) is 63.2 cm³/mol. The van der Waals surface area contributed by atoms with Crippen molar-refractivity contribution in [3.05, 3.63) is 51.7 Å². The highest BCUT2D eigenvalue weighted by Gasteiger charge is 2.13. The van der Waals surface area contributed by atoms with E-state index in [0.29, 0.717) is 0 Å². The van der Waals surface area contributed by atoms with Gasteiger partial charge in [-0.3, -0.25) is 0 Å². The van der Waals surface area contributed by atoms with Crippen molar-refractivity contribution in [3.8, 4) is 5.75 Å². The molecule has 0 fully saturated rings. The largest absolute Gasteiger partial charge is 0.508 e. The topological polar surface area (TPSA) is 46.2 Å². The Balaban J connectivity index is 2.38. The molecule has 78 valence electrons. The highest BCUT2D eigenvalue weighted by Crippen LogP contribution is 2.30. The quantitative estimate of drug-likeness (QED) is 0.815. The summed E-state index contributed by atoms with van der Waals surface area (Å²) in [6, 6.07) is 9.30. The summed E-state index contributed by atoms with van der Waals surface area (Å²) < 4.78 is 0. The SMILES string of the molecule is Cc1ccc([C@H](N)c2cccs2)c(O)c1. The molecule has 0 spiro atoms. The first kappa shape index (κ1) is 10.2. The first-order chi connectivity index (χ1) is 7.18. The van der Waals surface area contributed by atoms with Gasteiger partial charge in [0.1, 0.15) is 5.75 Å². The average molecular weight is 219 g/mol. The van der Waals surface area contributed by atoms with Gasteiger partial charge in [-0.2, -0.15) is 0 Å². The molecule has 1 aromatic heterocycles. The van der Waals surface area contributed by atoms with Crippen LogP contribution in [0.1, 0.15) is 22.0 Å². The van der Waals surface area contributed by atoms with Crippen molar-refractivity contribution >= 4 is 11.3 Å². The van der Waals surface area contributed by atoms with Crippen LogP contribution in [0, 0.1) is 6.92 Å². The Morgan fingerprint density at radius 2 is 2.13 bits per heavy atom. The van der Waals surface area contributed by atoms with Crippen molar-refractivity contribution in [1.82, 2.24) is 0 Å². The molecule has 3 N–H and O–H groups in total. The Morgan fingerprint density at radius 3 is 2.73 bits per heavy atom. The van der Waals surface area contributed by atoms with Crippen molar-refractivity contribution < 1.29 is 5.11 Å². The Morgan fingerprint density at radius 1 is 1.33 bits per heavy atom. The molecule has 0 radical (unpaired) electrons. The first-order valence-electron chi connectivity index (χ1n) is 4.77. The van der Waals surface area contributed by atoms with Gasteiger partial charge in [0.05, 0.1) is 6.04 Å². The number of phenolic OH excluding ortho intramolecular Hbond substituents is 1. The lowest BCUT2D eigenvalue weighted by Gasteiger charge is -2.12. The van der Waals surface area contributed by atoms with Crippen LogP contribution in [0.3, 0.4) is 0 Å². The third-order valence-electron chi connectivity index (χ3n) is 2.37. The van der Waals surface area contributed by atoms with Gasteiger partial charge >= 0.3 is 0 Å². The van der Waals surface area contributed by atoms with Gasteiger partial charge < -0.3 is 10.8 Å². The second-order valence-corrected chi connectivity index (χ2v) is 4.53. The average Bonchev–Trinajstić information content (AvgIpc) is 2.69. The van der Waals surface area contributed by atoms with Gasteiger partial charge in [0.2, 0.25) is 0 Å². The fourth-order valence-corrected chi connectivity index (χ4v) is 2.28. The lowest BCUT2D eigenvalue weighted by Crippen LogP contribution is -2.10. The van der Waals surface area contributed by atoms with Crippen LogP contribution < -0.4 is 5.73 Å². The number of thiophene rings is 1. The summed E-state index contributed by atoms with van der Waals surface area (Å²) in [6.45, 7) is 1.94. The second-order valence-electron chi connectivity index (χ2n) is 3.56. The number of aromatic hydroxyl groups is 1. The van der Waals surface area contributed by atoms with Crippen LogP contribution in [0.5, 0.6) is 5.75 Å². The molecule has 0 saturated carbocycles. The fraction of sp³-hybridized carbons (Fsp3) is 0.167. The summed E-state index contributed by atoms with van der Waals surface area (Å²) in [6.07, 6.45) is 0. The Bertz CT molecular complexity index is 451. The Labute approximate surface area is 93.0 Å². The molecule has 0 aliphatic heterocycles. The van der Waals surface area contributed by atoms with Crippen molar-refractivity contribution in [2.75, 3.05) is 0 Å². The van der Waals surface area contributed by atoms with Crippen LogP contribution in [0.4, 0.5) is 0 Å². The van der Waals surface area contributed by atoms with E-state index in [0.717, 1.165) is 16.0 Å². The number of nitrogens with two attached hydrogens (primary N) is 1. The van der Waals surface area contributed by atoms with E-state index in [1.165, 1.54) is 0 Å². The Kier molecular flexibility index (Phi) is 2.75. The maximum Gasteiger partial charge on any atom is 0.120 e. The monoisotopic (exact) mass is 219 g/mol.